The van der Waals surface area contributed by atoms with Crippen LogP contribution in [0.15, 0.2) is 30.7 Å². The summed E-state index contributed by atoms with van der Waals surface area (Å²) in [6.07, 6.45) is 4.92. The van der Waals surface area contributed by atoms with Gasteiger partial charge in [0.2, 0.25) is 0 Å². The number of aromatic amines is 1. The summed E-state index contributed by atoms with van der Waals surface area (Å²) in [5.74, 6) is -0.428. The molecular formula is C17H14FN3O3. The minimum atomic E-state index is -1.09. The number of aromatic carboxylic acids is 1. The Morgan fingerprint density at radius 3 is 2.96 bits per heavy atom. The van der Waals surface area contributed by atoms with E-state index in [2.05, 4.69) is 15.0 Å². The molecule has 1 aliphatic rings. The van der Waals surface area contributed by atoms with Gasteiger partial charge < -0.3 is 14.8 Å². The maximum atomic E-state index is 13.8. The van der Waals surface area contributed by atoms with E-state index in [9.17, 15) is 14.3 Å². The molecule has 7 heteroatoms. The number of rotatable bonds is 5. The van der Waals surface area contributed by atoms with Gasteiger partial charge >= 0.3 is 5.97 Å². The van der Waals surface area contributed by atoms with E-state index in [1.807, 2.05) is 0 Å². The molecule has 24 heavy (non-hydrogen) atoms. The molecule has 1 saturated carbocycles. The van der Waals surface area contributed by atoms with Crippen LogP contribution in [0.3, 0.4) is 0 Å². The first kappa shape index (κ1) is 14.6. The molecule has 1 aromatic carbocycles. The van der Waals surface area contributed by atoms with Crippen molar-refractivity contribution in [2.75, 3.05) is 6.61 Å². The lowest BCUT2D eigenvalue weighted by molar-refractivity contribution is 0.0699. The van der Waals surface area contributed by atoms with Crippen LogP contribution in [-0.2, 0) is 0 Å². The lowest BCUT2D eigenvalue weighted by atomic mass is 10.1. The first-order valence-electron chi connectivity index (χ1n) is 7.61. The summed E-state index contributed by atoms with van der Waals surface area (Å²) < 4.78 is 19.6. The number of carbonyl (C=O) groups is 1. The Balaban J connectivity index is 1.84. The van der Waals surface area contributed by atoms with E-state index >= 15 is 0 Å². The third kappa shape index (κ3) is 2.58. The highest BCUT2D eigenvalue weighted by atomic mass is 19.1. The van der Waals surface area contributed by atoms with E-state index in [0.717, 1.165) is 12.8 Å². The highest BCUT2D eigenvalue weighted by molar-refractivity contribution is 6.04. The van der Waals surface area contributed by atoms with E-state index in [-0.39, 0.29) is 11.1 Å². The molecule has 3 aromatic rings. The van der Waals surface area contributed by atoms with Crippen molar-refractivity contribution in [1.29, 1.82) is 0 Å². The molecular weight excluding hydrogens is 313 g/mol. The molecule has 0 spiro atoms. The Morgan fingerprint density at radius 2 is 2.21 bits per heavy atom. The number of nitrogens with one attached hydrogen (secondary N) is 1. The molecule has 1 fully saturated rings. The summed E-state index contributed by atoms with van der Waals surface area (Å²) in [6, 6.07) is 4.24. The maximum absolute atomic E-state index is 13.8. The lowest BCUT2D eigenvalue weighted by Crippen LogP contribution is -2.02. The predicted molar refractivity (Wildman–Crippen MR) is 84.5 cm³/mol. The molecule has 4 rings (SSSR count). The van der Waals surface area contributed by atoms with Gasteiger partial charge in [-0.15, -0.1) is 0 Å². The number of hydrogen-bond donors (Lipinski definition) is 2. The average molecular weight is 327 g/mol. The summed E-state index contributed by atoms with van der Waals surface area (Å²) in [6.45, 7) is 0.581. The third-order valence-corrected chi connectivity index (χ3v) is 4.06. The van der Waals surface area contributed by atoms with Crippen molar-refractivity contribution >= 4 is 17.0 Å². The molecule has 122 valence electrons. The van der Waals surface area contributed by atoms with Crippen LogP contribution in [0.5, 0.6) is 5.75 Å². The zero-order valence-corrected chi connectivity index (χ0v) is 12.6. The lowest BCUT2D eigenvalue weighted by Gasteiger charge is -2.11. The molecule has 0 amide bonds. The zero-order chi connectivity index (χ0) is 16.7. The zero-order valence-electron chi connectivity index (χ0n) is 12.6. The first-order valence-corrected chi connectivity index (χ1v) is 7.61. The first-order chi connectivity index (χ1) is 11.6. The predicted octanol–water partition coefficient (Wildman–Crippen LogP) is 3.25. The van der Waals surface area contributed by atoms with Crippen LogP contribution < -0.4 is 4.74 Å². The van der Waals surface area contributed by atoms with Crippen LogP contribution >= 0.6 is 0 Å². The number of benzene rings is 1. The van der Waals surface area contributed by atoms with Crippen molar-refractivity contribution < 1.29 is 19.0 Å². The number of nitrogens with zero attached hydrogens (tertiary/aromatic N) is 2. The minimum absolute atomic E-state index is 0.0468. The largest absolute Gasteiger partial charge is 0.493 e. The van der Waals surface area contributed by atoms with Gasteiger partial charge in [0.1, 0.15) is 34.7 Å². The second-order valence-electron chi connectivity index (χ2n) is 5.85. The van der Waals surface area contributed by atoms with Gasteiger partial charge in [-0.3, -0.25) is 0 Å². The topological polar surface area (TPSA) is 88.1 Å². The molecule has 0 aliphatic heterocycles. The van der Waals surface area contributed by atoms with Crippen LogP contribution in [0.25, 0.3) is 22.3 Å². The molecule has 0 saturated heterocycles. The van der Waals surface area contributed by atoms with Crippen molar-refractivity contribution in [3.05, 3.63) is 42.1 Å². The Labute approximate surface area is 136 Å². The van der Waals surface area contributed by atoms with Gasteiger partial charge in [-0.25, -0.2) is 19.2 Å². The van der Waals surface area contributed by atoms with Gasteiger partial charge in [0, 0.05) is 11.8 Å². The van der Waals surface area contributed by atoms with E-state index in [1.165, 1.54) is 24.7 Å². The fourth-order valence-corrected chi connectivity index (χ4v) is 2.61. The van der Waals surface area contributed by atoms with Crippen molar-refractivity contribution in [2.24, 2.45) is 5.92 Å². The highest BCUT2D eigenvalue weighted by Gasteiger charge is 2.23. The SMILES string of the molecule is O=C(O)c1c[nH]c2c(-c3cc(F)ccc3OCC3CC3)ncnc12. The van der Waals surface area contributed by atoms with Gasteiger partial charge in [0.25, 0.3) is 0 Å². The Hall–Kier alpha value is -2.96. The number of H-pyrrole nitrogens is 1. The van der Waals surface area contributed by atoms with Gasteiger partial charge in [0.15, 0.2) is 0 Å². The summed E-state index contributed by atoms with van der Waals surface area (Å²) >= 11 is 0. The van der Waals surface area contributed by atoms with Crippen molar-refractivity contribution in [1.82, 2.24) is 15.0 Å². The number of hydrogen-bond acceptors (Lipinski definition) is 4. The number of fused-ring (bicyclic) bond motifs is 1. The van der Waals surface area contributed by atoms with E-state index in [1.54, 1.807) is 6.07 Å². The van der Waals surface area contributed by atoms with Gasteiger partial charge in [0.05, 0.1) is 12.1 Å². The Kier molecular flexibility index (Phi) is 3.41. The van der Waals surface area contributed by atoms with Crippen molar-refractivity contribution in [3.8, 4) is 17.0 Å². The molecule has 0 unspecified atom stereocenters. The smallest absolute Gasteiger partial charge is 0.339 e. The summed E-state index contributed by atoms with van der Waals surface area (Å²) in [7, 11) is 0. The summed E-state index contributed by atoms with van der Waals surface area (Å²) in [5, 5.41) is 9.22. The van der Waals surface area contributed by atoms with E-state index < -0.39 is 11.8 Å². The van der Waals surface area contributed by atoms with Crippen molar-refractivity contribution in [3.63, 3.8) is 0 Å². The quantitative estimate of drug-likeness (QED) is 0.751. The fourth-order valence-electron chi connectivity index (χ4n) is 2.61. The number of aromatic nitrogens is 3. The standard InChI is InChI=1S/C17H14FN3O3/c18-10-3-4-13(24-7-9-1-2-9)11(5-10)14-16-15(21-8-20-14)12(6-19-16)17(22)23/h3-6,8-9,19H,1-2,7H2,(H,22,23). The average Bonchev–Trinajstić information content (AvgIpc) is 3.29. The van der Waals surface area contributed by atoms with Gasteiger partial charge in [-0.05, 0) is 37.0 Å². The Bertz CT molecular complexity index is 934. The summed E-state index contributed by atoms with van der Waals surface area (Å²) in [4.78, 5) is 22.4. The summed E-state index contributed by atoms with van der Waals surface area (Å²) in [5.41, 5.74) is 1.66. The maximum Gasteiger partial charge on any atom is 0.339 e. The number of halogens is 1. The molecule has 0 bridgehead atoms. The van der Waals surface area contributed by atoms with E-state index in [4.69, 9.17) is 4.74 Å². The van der Waals surface area contributed by atoms with Crippen LogP contribution in [0.2, 0.25) is 0 Å². The molecule has 2 aromatic heterocycles. The second-order valence-corrected chi connectivity index (χ2v) is 5.85. The number of carboxylic acids is 1. The normalized spacial score (nSPS) is 14.0. The monoisotopic (exact) mass is 327 g/mol. The van der Waals surface area contributed by atoms with Crippen LogP contribution in [0, 0.1) is 11.7 Å². The fraction of sp³-hybridized carbons (Fsp3) is 0.235. The molecule has 2 N–H and O–H groups in total. The Morgan fingerprint density at radius 1 is 1.38 bits per heavy atom. The van der Waals surface area contributed by atoms with Crippen LogP contribution in [0.4, 0.5) is 4.39 Å². The molecule has 1 aliphatic carbocycles. The van der Waals surface area contributed by atoms with Gasteiger partial charge in [-0.2, -0.15) is 0 Å². The highest BCUT2D eigenvalue weighted by Crippen LogP contribution is 2.36. The van der Waals surface area contributed by atoms with Crippen LogP contribution in [0.1, 0.15) is 23.2 Å². The van der Waals surface area contributed by atoms with Gasteiger partial charge in [-0.1, -0.05) is 0 Å². The molecule has 0 atom stereocenters. The minimum Gasteiger partial charge on any atom is -0.493 e. The number of ether oxygens (including phenoxy) is 1. The van der Waals surface area contributed by atoms with E-state index in [0.29, 0.717) is 35.0 Å². The number of carboxylic acid groups (broad SMARTS) is 1. The molecule has 2 heterocycles. The molecule has 6 nitrogen and oxygen atoms in total. The van der Waals surface area contributed by atoms with Crippen LogP contribution in [-0.4, -0.2) is 32.6 Å². The molecule has 0 radical (unpaired) electrons. The van der Waals surface area contributed by atoms with Crippen molar-refractivity contribution in [2.45, 2.75) is 12.8 Å². The second kappa shape index (κ2) is 5.59. The third-order valence-electron chi connectivity index (χ3n) is 4.06.